The molecule has 0 bridgehead atoms. The number of para-hydroxylation sites is 1. The van der Waals surface area contributed by atoms with Crippen molar-refractivity contribution in [2.45, 2.75) is 22.6 Å². The quantitative estimate of drug-likeness (QED) is 0.540. The van der Waals surface area contributed by atoms with Gasteiger partial charge in [-0.2, -0.15) is 4.31 Å². The predicted octanol–water partition coefficient (Wildman–Crippen LogP) is 1.59. The third kappa shape index (κ3) is 4.09. The van der Waals surface area contributed by atoms with Crippen LogP contribution in [-0.4, -0.2) is 44.7 Å². The van der Waals surface area contributed by atoms with E-state index in [0.29, 0.717) is 24.0 Å². The summed E-state index contributed by atoms with van der Waals surface area (Å²) in [6.45, 7) is 0.925. The standard InChI is InChI=1S/C20H22N4O5S2/c1-23-14-18(17-6-2-3-7-19(17)23)20(25)21-22-30(26,27)15-8-10-16(11-9-15)31(28,29)24-12-4-5-13-24/h2-3,6-11,14,22H,4-5,12-13H2,1H3,(H,21,25). The van der Waals surface area contributed by atoms with Crippen molar-refractivity contribution in [2.24, 2.45) is 7.05 Å². The molecule has 1 aliphatic heterocycles. The number of carbonyl (C=O) groups is 1. The molecule has 0 spiro atoms. The van der Waals surface area contributed by atoms with E-state index in [4.69, 9.17) is 0 Å². The van der Waals surface area contributed by atoms with Crippen molar-refractivity contribution >= 4 is 36.9 Å². The summed E-state index contributed by atoms with van der Waals surface area (Å²) in [5, 5.41) is 0.693. The number of carbonyl (C=O) groups excluding carboxylic acids is 1. The zero-order chi connectivity index (χ0) is 22.2. The predicted molar refractivity (Wildman–Crippen MR) is 115 cm³/mol. The lowest BCUT2D eigenvalue weighted by atomic mass is 10.2. The van der Waals surface area contributed by atoms with Crippen LogP contribution in [0.3, 0.4) is 0 Å². The van der Waals surface area contributed by atoms with Crippen molar-refractivity contribution < 1.29 is 21.6 Å². The Morgan fingerprint density at radius 2 is 1.52 bits per heavy atom. The molecule has 1 saturated heterocycles. The molecule has 2 aromatic carbocycles. The molecule has 0 atom stereocenters. The van der Waals surface area contributed by atoms with Gasteiger partial charge >= 0.3 is 0 Å². The number of rotatable bonds is 6. The highest BCUT2D eigenvalue weighted by Crippen LogP contribution is 2.22. The minimum atomic E-state index is -4.09. The van der Waals surface area contributed by atoms with Gasteiger partial charge in [-0.1, -0.05) is 18.2 Å². The summed E-state index contributed by atoms with van der Waals surface area (Å²) in [6, 6.07) is 12.2. The summed E-state index contributed by atoms with van der Waals surface area (Å²) in [4.78, 5) is 14.5. The van der Waals surface area contributed by atoms with Crippen molar-refractivity contribution in [1.82, 2.24) is 19.1 Å². The molecule has 2 N–H and O–H groups in total. The van der Waals surface area contributed by atoms with Gasteiger partial charge in [0.15, 0.2) is 0 Å². The number of sulfonamides is 2. The van der Waals surface area contributed by atoms with E-state index in [-0.39, 0.29) is 9.79 Å². The lowest BCUT2D eigenvalue weighted by Crippen LogP contribution is -2.41. The first kappa shape index (κ1) is 21.5. The third-order valence-corrected chi connectivity index (χ3v) is 8.45. The first-order valence-corrected chi connectivity index (χ1v) is 12.6. The van der Waals surface area contributed by atoms with Crippen molar-refractivity contribution in [3.8, 4) is 0 Å². The highest BCUT2D eigenvalue weighted by molar-refractivity contribution is 7.89. The second-order valence-corrected chi connectivity index (χ2v) is 10.9. The monoisotopic (exact) mass is 462 g/mol. The van der Waals surface area contributed by atoms with Crippen LogP contribution in [-0.2, 0) is 27.1 Å². The van der Waals surface area contributed by atoms with Crippen LogP contribution in [0.1, 0.15) is 23.2 Å². The van der Waals surface area contributed by atoms with Crippen LogP contribution >= 0.6 is 0 Å². The fourth-order valence-corrected chi connectivity index (χ4v) is 5.99. The second kappa shape index (κ2) is 8.08. The largest absolute Gasteiger partial charge is 0.350 e. The fourth-order valence-electron chi connectivity index (χ4n) is 3.63. The number of nitrogens with one attached hydrogen (secondary N) is 2. The van der Waals surface area contributed by atoms with E-state index in [1.807, 2.05) is 12.1 Å². The zero-order valence-corrected chi connectivity index (χ0v) is 18.4. The van der Waals surface area contributed by atoms with Gasteiger partial charge in [0.2, 0.25) is 10.0 Å². The minimum absolute atomic E-state index is 0.0353. The highest BCUT2D eigenvalue weighted by atomic mass is 32.2. The summed E-state index contributed by atoms with van der Waals surface area (Å²) in [7, 11) is -5.93. The molecule has 0 saturated carbocycles. The highest BCUT2D eigenvalue weighted by Gasteiger charge is 2.27. The summed E-state index contributed by atoms with van der Waals surface area (Å²) in [6.07, 6.45) is 3.24. The van der Waals surface area contributed by atoms with Crippen LogP contribution < -0.4 is 10.3 Å². The first-order chi connectivity index (χ1) is 14.7. The van der Waals surface area contributed by atoms with E-state index in [9.17, 15) is 21.6 Å². The number of fused-ring (bicyclic) bond motifs is 1. The Morgan fingerprint density at radius 3 is 2.19 bits per heavy atom. The van der Waals surface area contributed by atoms with E-state index < -0.39 is 26.0 Å². The number of hydrogen-bond acceptors (Lipinski definition) is 5. The maximum atomic E-state index is 12.6. The Morgan fingerprint density at radius 1 is 0.903 bits per heavy atom. The van der Waals surface area contributed by atoms with E-state index in [1.54, 1.807) is 29.9 Å². The average Bonchev–Trinajstić information content (AvgIpc) is 3.42. The molecule has 31 heavy (non-hydrogen) atoms. The van der Waals surface area contributed by atoms with Gasteiger partial charge in [0, 0.05) is 37.2 Å². The van der Waals surface area contributed by atoms with E-state index in [0.717, 1.165) is 18.4 Å². The minimum Gasteiger partial charge on any atom is -0.350 e. The lowest BCUT2D eigenvalue weighted by molar-refractivity contribution is 0.0946. The van der Waals surface area contributed by atoms with Gasteiger partial charge in [-0.05, 0) is 43.2 Å². The van der Waals surface area contributed by atoms with Gasteiger partial charge in [-0.3, -0.25) is 10.2 Å². The molecule has 1 aliphatic rings. The molecule has 0 unspecified atom stereocenters. The zero-order valence-electron chi connectivity index (χ0n) is 16.8. The van der Waals surface area contributed by atoms with Crippen LogP contribution in [0, 0.1) is 0 Å². The number of amides is 1. The van der Waals surface area contributed by atoms with Crippen LogP contribution in [0.4, 0.5) is 0 Å². The molecule has 9 nitrogen and oxygen atoms in total. The van der Waals surface area contributed by atoms with Crippen LogP contribution in [0.5, 0.6) is 0 Å². The Labute approximate surface area is 180 Å². The van der Waals surface area contributed by atoms with Gasteiger partial charge in [-0.25, -0.2) is 16.8 Å². The topological polar surface area (TPSA) is 118 Å². The second-order valence-electron chi connectivity index (χ2n) is 7.31. The molecule has 0 radical (unpaired) electrons. The molecule has 11 heteroatoms. The summed E-state index contributed by atoms with van der Waals surface area (Å²) in [5.74, 6) is -0.603. The number of hydrazine groups is 1. The number of nitrogens with zero attached hydrogens (tertiary/aromatic N) is 2. The number of aryl methyl sites for hydroxylation is 1. The molecular formula is C20H22N4O5S2. The Bertz CT molecular complexity index is 1340. The molecule has 4 rings (SSSR count). The maximum Gasteiger partial charge on any atom is 0.268 e. The number of benzene rings is 2. The van der Waals surface area contributed by atoms with E-state index in [2.05, 4.69) is 10.3 Å². The van der Waals surface area contributed by atoms with Crippen molar-refractivity contribution in [3.63, 3.8) is 0 Å². The van der Waals surface area contributed by atoms with Gasteiger partial charge in [0.1, 0.15) is 0 Å². The normalized spacial score (nSPS) is 15.4. The molecule has 2 heterocycles. The Balaban J connectivity index is 1.49. The number of aromatic nitrogens is 1. The van der Waals surface area contributed by atoms with Crippen LogP contribution in [0.25, 0.3) is 10.9 Å². The molecule has 0 aliphatic carbocycles. The Kier molecular flexibility index (Phi) is 5.60. The van der Waals surface area contributed by atoms with Gasteiger partial charge in [-0.15, -0.1) is 4.83 Å². The van der Waals surface area contributed by atoms with Gasteiger partial charge in [0.05, 0.1) is 15.4 Å². The smallest absolute Gasteiger partial charge is 0.268 e. The third-order valence-electron chi connectivity index (χ3n) is 5.28. The van der Waals surface area contributed by atoms with Crippen LogP contribution in [0.2, 0.25) is 0 Å². The van der Waals surface area contributed by atoms with Crippen molar-refractivity contribution in [2.75, 3.05) is 13.1 Å². The molecule has 164 valence electrons. The fraction of sp³-hybridized carbons (Fsp3) is 0.250. The lowest BCUT2D eigenvalue weighted by Gasteiger charge is -2.15. The first-order valence-electron chi connectivity index (χ1n) is 9.66. The molecular weight excluding hydrogens is 440 g/mol. The molecule has 1 aromatic heterocycles. The maximum absolute atomic E-state index is 12.6. The van der Waals surface area contributed by atoms with Crippen molar-refractivity contribution in [1.29, 1.82) is 0 Å². The molecule has 1 fully saturated rings. The van der Waals surface area contributed by atoms with Crippen molar-refractivity contribution in [3.05, 3.63) is 60.3 Å². The summed E-state index contributed by atoms with van der Waals surface area (Å²) in [5.41, 5.74) is 3.38. The van der Waals surface area contributed by atoms with E-state index >= 15 is 0 Å². The van der Waals surface area contributed by atoms with Gasteiger partial charge < -0.3 is 4.57 Å². The van der Waals surface area contributed by atoms with E-state index in [1.165, 1.54) is 28.6 Å². The Hall–Kier alpha value is -2.73. The molecule has 1 amide bonds. The SMILES string of the molecule is Cn1cc(C(=O)NNS(=O)(=O)c2ccc(S(=O)(=O)N3CCCC3)cc2)c2ccccc21. The van der Waals surface area contributed by atoms with Gasteiger partial charge in [0.25, 0.3) is 15.9 Å². The average molecular weight is 463 g/mol. The summed E-state index contributed by atoms with van der Waals surface area (Å²) >= 11 is 0. The molecule has 3 aromatic rings. The summed E-state index contributed by atoms with van der Waals surface area (Å²) < 4.78 is 53.4. The number of hydrogen-bond donors (Lipinski definition) is 2. The van der Waals surface area contributed by atoms with Crippen LogP contribution in [0.15, 0.2) is 64.5 Å².